The number of carbonyl (C=O) groups is 1. The maximum absolute atomic E-state index is 10.6. The number of pyridine rings is 1. The largest absolute Gasteiger partial charge is 0.490 e. The average Bonchev–Trinajstić information content (AvgIpc) is 3.11. The fraction of sp³-hybridized carbons (Fsp3) is 0.286. The maximum atomic E-state index is 10.6. The molecule has 0 fully saturated rings. The van der Waals surface area contributed by atoms with E-state index >= 15 is 0 Å². The van der Waals surface area contributed by atoms with Crippen LogP contribution in [0.3, 0.4) is 0 Å². The quantitative estimate of drug-likeness (QED) is 0.622. The number of alkyl halides is 3. The van der Waals surface area contributed by atoms with E-state index in [0.29, 0.717) is 11.5 Å². The molecule has 3 aromatic rings. The summed E-state index contributed by atoms with van der Waals surface area (Å²) < 4.78 is 33.8. The van der Waals surface area contributed by atoms with Crippen LogP contribution in [0.25, 0.3) is 17.2 Å². The van der Waals surface area contributed by atoms with Gasteiger partial charge in [0, 0.05) is 11.6 Å². The first-order valence-corrected chi connectivity index (χ1v) is 9.34. The van der Waals surface area contributed by atoms with E-state index in [-0.39, 0.29) is 0 Å². The molecule has 3 heterocycles. The van der Waals surface area contributed by atoms with E-state index in [9.17, 15) is 18.4 Å². The Bertz CT molecular complexity index is 1160. The molecule has 0 amide bonds. The zero-order valence-corrected chi connectivity index (χ0v) is 16.7. The van der Waals surface area contributed by atoms with E-state index in [1.165, 1.54) is 0 Å². The lowest BCUT2D eigenvalue weighted by Crippen LogP contribution is -2.21. The summed E-state index contributed by atoms with van der Waals surface area (Å²) in [5.41, 5.74) is 4.67. The smallest absolute Gasteiger partial charge is 0.475 e. The van der Waals surface area contributed by atoms with E-state index in [4.69, 9.17) is 9.90 Å². The van der Waals surface area contributed by atoms with Crippen LogP contribution in [-0.4, -0.2) is 37.0 Å². The minimum atomic E-state index is -5.08. The Balaban J connectivity index is 0.000000339. The molecule has 1 aliphatic heterocycles. The first-order chi connectivity index (χ1) is 14.6. The number of carboxylic acids is 1. The molecule has 0 spiro atoms. The summed E-state index contributed by atoms with van der Waals surface area (Å²) >= 11 is 0. The van der Waals surface area contributed by atoms with Gasteiger partial charge in [-0.15, -0.1) is 10.2 Å². The number of hydrogen-bond acceptors (Lipinski definition) is 5. The number of aromatic nitrogens is 4. The Hall–Kier alpha value is -3.74. The van der Waals surface area contributed by atoms with Crippen LogP contribution >= 0.6 is 0 Å². The highest BCUT2D eigenvalue weighted by molar-refractivity contribution is 5.73. The second-order valence-electron chi connectivity index (χ2n) is 7.08. The van der Waals surface area contributed by atoms with Crippen LogP contribution in [0.2, 0.25) is 0 Å². The summed E-state index contributed by atoms with van der Waals surface area (Å²) in [5.74, 6) is -0.744. The first kappa shape index (κ1) is 22.0. The highest BCUT2D eigenvalue weighted by Crippen LogP contribution is 2.33. The van der Waals surface area contributed by atoms with Gasteiger partial charge in [0.2, 0.25) is 0 Å². The Labute approximate surface area is 175 Å². The van der Waals surface area contributed by atoms with Crippen LogP contribution in [-0.2, 0) is 11.2 Å². The van der Waals surface area contributed by atoms with Crippen molar-refractivity contribution >= 4 is 5.97 Å². The van der Waals surface area contributed by atoms with Gasteiger partial charge in [0.25, 0.3) is 0 Å². The number of hydrogen-bond donors (Lipinski definition) is 1. The molecular weight excluding hydrogens is 411 g/mol. The molecule has 0 aliphatic carbocycles. The van der Waals surface area contributed by atoms with Gasteiger partial charge in [0.05, 0.1) is 17.3 Å². The molecule has 1 aromatic carbocycles. The molecule has 7 nitrogen and oxygen atoms in total. The van der Waals surface area contributed by atoms with Gasteiger partial charge < -0.3 is 5.11 Å². The number of nitrogens with zero attached hydrogens (tertiary/aromatic N) is 5. The van der Waals surface area contributed by atoms with Gasteiger partial charge in [-0.1, -0.05) is 13.0 Å². The predicted molar refractivity (Wildman–Crippen MR) is 104 cm³/mol. The zero-order valence-electron chi connectivity index (χ0n) is 16.7. The Morgan fingerprint density at radius 2 is 1.97 bits per heavy atom. The molecule has 1 unspecified atom stereocenters. The number of carboxylic acid groups (broad SMARTS) is 1. The zero-order chi connectivity index (χ0) is 22.8. The molecular formula is C21H18F3N5O2. The number of aryl methyl sites for hydroxylation is 2. The van der Waals surface area contributed by atoms with Gasteiger partial charge in [-0.25, -0.2) is 9.78 Å². The van der Waals surface area contributed by atoms with Crippen molar-refractivity contribution in [2.75, 3.05) is 0 Å². The monoisotopic (exact) mass is 429 g/mol. The third-order valence-corrected chi connectivity index (χ3v) is 4.78. The van der Waals surface area contributed by atoms with Gasteiger partial charge in [-0.2, -0.15) is 18.4 Å². The third-order valence-electron chi connectivity index (χ3n) is 4.78. The predicted octanol–water partition coefficient (Wildman–Crippen LogP) is 4.19. The van der Waals surface area contributed by atoms with Crippen LogP contribution < -0.4 is 0 Å². The fourth-order valence-electron chi connectivity index (χ4n) is 3.26. The summed E-state index contributed by atoms with van der Waals surface area (Å²) in [6, 6.07) is 14.0. The minimum Gasteiger partial charge on any atom is -0.475 e. The van der Waals surface area contributed by atoms with Crippen LogP contribution in [0.5, 0.6) is 0 Å². The SMILES string of the molecule is Cc1cccc(-c2nnc3n2-c2ccc(C#N)cc2CCC3C)n1.O=C(O)C(F)(F)F. The molecule has 160 valence electrons. The lowest BCUT2D eigenvalue weighted by Gasteiger charge is -2.12. The first-order valence-electron chi connectivity index (χ1n) is 9.34. The molecule has 31 heavy (non-hydrogen) atoms. The second-order valence-corrected chi connectivity index (χ2v) is 7.08. The van der Waals surface area contributed by atoms with Crippen molar-refractivity contribution in [1.82, 2.24) is 19.7 Å². The van der Waals surface area contributed by atoms with E-state index in [0.717, 1.165) is 47.1 Å². The summed E-state index contributed by atoms with van der Waals surface area (Å²) in [4.78, 5) is 13.5. The summed E-state index contributed by atoms with van der Waals surface area (Å²) in [5, 5.41) is 25.2. The normalized spacial score (nSPS) is 14.9. The van der Waals surface area contributed by atoms with Crippen molar-refractivity contribution in [1.29, 1.82) is 5.26 Å². The number of aliphatic carboxylic acids is 1. The van der Waals surface area contributed by atoms with Gasteiger partial charge in [-0.3, -0.25) is 4.57 Å². The van der Waals surface area contributed by atoms with Crippen molar-refractivity contribution in [2.24, 2.45) is 0 Å². The van der Waals surface area contributed by atoms with Gasteiger partial charge >= 0.3 is 12.1 Å². The number of rotatable bonds is 1. The van der Waals surface area contributed by atoms with Crippen molar-refractivity contribution in [3.05, 3.63) is 59.0 Å². The molecule has 1 N–H and O–H groups in total. The maximum Gasteiger partial charge on any atom is 0.490 e. The number of halogens is 3. The summed E-state index contributed by atoms with van der Waals surface area (Å²) in [6.45, 7) is 4.14. The molecule has 0 bridgehead atoms. The molecule has 0 saturated carbocycles. The van der Waals surface area contributed by atoms with Crippen LogP contribution in [0.4, 0.5) is 13.2 Å². The number of fused-ring (bicyclic) bond motifs is 3. The molecule has 2 aromatic heterocycles. The number of nitriles is 1. The third kappa shape index (κ3) is 4.71. The molecule has 10 heteroatoms. The van der Waals surface area contributed by atoms with Gasteiger partial charge in [0.15, 0.2) is 5.82 Å². The Kier molecular flexibility index (Phi) is 6.06. The molecule has 4 rings (SSSR count). The van der Waals surface area contributed by atoms with Crippen molar-refractivity contribution in [3.8, 4) is 23.3 Å². The summed E-state index contributed by atoms with van der Waals surface area (Å²) in [6.07, 6.45) is -3.17. The summed E-state index contributed by atoms with van der Waals surface area (Å²) in [7, 11) is 0. The fourth-order valence-corrected chi connectivity index (χ4v) is 3.26. The van der Waals surface area contributed by atoms with E-state index in [2.05, 4.69) is 32.7 Å². The van der Waals surface area contributed by atoms with Crippen LogP contribution in [0.1, 0.15) is 41.9 Å². The van der Waals surface area contributed by atoms with E-state index < -0.39 is 12.1 Å². The standard InChI is InChI=1S/C19H17N5.C2HF3O2/c1-12-6-8-15-10-14(11-20)7-9-17(15)24-18(12)22-23-19(24)16-5-3-4-13(2)21-16;3-2(4,5)1(6)7/h3-5,7,9-10,12H,6,8H2,1-2H3;(H,6,7). The Morgan fingerprint density at radius 1 is 1.26 bits per heavy atom. The van der Waals surface area contributed by atoms with Crippen LogP contribution in [0.15, 0.2) is 36.4 Å². The molecule has 0 saturated heterocycles. The minimum absolute atomic E-state index is 0.300. The van der Waals surface area contributed by atoms with Crippen molar-refractivity contribution < 1.29 is 23.1 Å². The highest BCUT2D eigenvalue weighted by atomic mass is 19.4. The van der Waals surface area contributed by atoms with Crippen molar-refractivity contribution in [3.63, 3.8) is 0 Å². The van der Waals surface area contributed by atoms with Gasteiger partial charge in [-0.05, 0) is 55.7 Å². The number of benzene rings is 1. The lowest BCUT2D eigenvalue weighted by molar-refractivity contribution is -0.192. The van der Waals surface area contributed by atoms with Crippen molar-refractivity contribution in [2.45, 2.75) is 38.8 Å². The second kappa shape index (κ2) is 8.55. The topological polar surface area (TPSA) is 105 Å². The Morgan fingerprint density at radius 3 is 2.58 bits per heavy atom. The molecule has 1 atom stereocenters. The van der Waals surface area contributed by atoms with Gasteiger partial charge in [0.1, 0.15) is 11.5 Å². The average molecular weight is 429 g/mol. The van der Waals surface area contributed by atoms with E-state index in [1.54, 1.807) is 0 Å². The van der Waals surface area contributed by atoms with Crippen LogP contribution in [0, 0.1) is 18.3 Å². The molecule has 0 radical (unpaired) electrons. The lowest BCUT2D eigenvalue weighted by atomic mass is 10.0. The molecule has 1 aliphatic rings. The van der Waals surface area contributed by atoms with E-state index in [1.807, 2.05) is 43.3 Å². The highest BCUT2D eigenvalue weighted by Gasteiger charge is 2.38.